The van der Waals surface area contributed by atoms with Crippen LogP contribution in [0.5, 0.6) is 5.75 Å². The van der Waals surface area contributed by atoms with Crippen molar-refractivity contribution in [3.8, 4) is 5.75 Å². The number of hydrogen-bond acceptors (Lipinski definition) is 4. The molecule has 0 spiro atoms. The van der Waals surface area contributed by atoms with Crippen molar-refractivity contribution < 1.29 is 9.53 Å². The van der Waals surface area contributed by atoms with Gasteiger partial charge in [0.2, 0.25) is 5.91 Å². The van der Waals surface area contributed by atoms with Gasteiger partial charge in [-0.2, -0.15) is 0 Å². The Morgan fingerprint density at radius 2 is 1.96 bits per heavy atom. The molecule has 2 aromatic rings. The minimum atomic E-state index is 0.0241. The van der Waals surface area contributed by atoms with Gasteiger partial charge in [-0.25, -0.2) is 4.98 Å². The van der Waals surface area contributed by atoms with Crippen LogP contribution in [0.1, 0.15) is 26.7 Å². The third-order valence-electron chi connectivity index (χ3n) is 3.73. The SMILES string of the molecule is CCC(CC)C(=O)Nc1ccc(Nc2cccc(OC)c2)cn1. The Morgan fingerprint density at radius 3 is 2.57 bits per heavy atom. The first-order chi connectivity index (χ1) is 11.2. The molecule has 0 bridgehead atoms. The van der Waals surface area contributed by atoms with Gasteiger partial charge in [-0.05, 0) is 37.1 Å². The van der Waals surface area contributed by atoms with Crippen LogP contribution in [0, 0.1) is 5.92 Å². The molecule has 5 heteroatoms. The van der Waals surface area contributed by atoms with Crippen LogP contribution in [0.15, 0.2) is 42.6 Å². The van der Waals surface area contributed by atoms with Gasteiger partial charge in [0.05, 0.1) is 19.0 Å². The van der Waals surface area contributed by atoms with E-state index in [9.17, 15) is 4.79 Å². The molecule has 1 aromatic heterocycles. The summed E-state index contributed by atoms with van der Waals surface area (Å²) in [4.78, 5) is 16.3. The first-order valence-corrected chi connectivity index (χ1v) is 7.84. The first kappa shape index (κ1) is 16.8. The molecule has 0 saturated carbocycles. The normalized spacial score (nSPS) is 10.4. The van der Waals surface area contributed by atoms with Crippen molar-refractivity contribution in [3.05, 3.63) is 42.6 Å². The topological polar surface area (TPSA) is 63.2 Å². The average Bonchev–Trinajstić information content (AvgIpc) is 2.58. The Bertz CT molecular complexity index is 637. The van der Waals surface area contributed by atoms with Gasteiger partial charge in [0.1, 0.15) is 11.6 Å². The molecular weight excluding hydrogens is 290 g/mol. The lowest BCUT2D eigenvalue weighted by molar-refractivity contribution is -0.120. The number of rotatable bonds is 7. The average molecular weight is 313 g/mol. The number of anilines is 3. The number of hydrogen-bond donors (Lipinski definition) is 2. The lowest BCUT2D eigenvalue weighted by atomic mass is 10.0. The monoisotopic (exact) mass is 313 g/mol. The summed E-state index contributed by atoms with van der Waals surface area (Å²) in [5.74, 6) is 1.41. The number of benzene rings is 1. The van der Waals surface area contributed by atoms with Crippen LogP contribution in [0.3, 0.4) is 0 Å². The quantitative estimate of drug-likeness (QED) is 0.804. The Morgan fingerprint density at radius 1 is 1.17 bits per heavy atom. The van der Waals surface area contributed by atoms with Crippen LogP contribution in [0.25, 0.3) is 0 Å². The van der Waals surface area contributed by atoms with E-state index in [1.807, 2.05) is 44.2 Å². The summed E-state index contributed by atoms with van der Waals surface area (Å²) < 4.78 is 5.20. The number of carbonyl (C=O) groups excluding carboxylic acids is 1. The van der Waals surface area contributed by atoms with Crippen molar-refractivity contribution in [2.45, 2.75) is 26.7 Å². The van der Waals surface area contributed by atoms with Gasteiger partial charge < -0.3 is 15.4 Å². The molecule has 0 radical (unpaired) electrons. The highest BCUT2D eigenvalue weighted by Gasteiger charge is 2.14. The van der Waals surface area contributed by atoms with Gasteiger partial charge in [-0.15, -0.1) is 0 Å². The predicted octanol–water partition coefficient (Wildman–Crippen LogP) is 4.21. The predicted molar refractivity (Wildman–Crippen MR) is 93.2 cm³/mol. The molecule has 0 fully saturated rings. The fourth-order valence-electron chi connectivity index (χ4n) is 2.30. The summed E-state index contributed by atoms with van der Waals surface area (Å²) in [6.45, 7) is 4.03. The molecular formula is C18H23N3O2. The molecule has 122 valence electrons. The lowest BCUT2D eigenvalue weighted by Crippen LogP contribution is -2.22. The molecule has 2 rings (SSSR count). The van der Waals surface area contributed by atoms with Crippen molar-refractivity contribution >= 4 is 23.1 Å². The highest BCUT2D eigenvalue weighted by molar-refractivity contribution is 5.91. The van der Waals surface area contributed by atoms with Gasteiger partial charge in [0, 0.05) is 17.7 Å². The zero-order chi connectivity index (χ0) is 16.7. The van der Waals surface area contributed by atoms with E-state index < -0.39 is 0 Å². The second kappa shape index (κ2) is 8.17. The summed E-state index contributed by atoms with van der Waals surface area (Å²) in [6.07, 6.45) is 3.36. The fraction of sp³-hybridized carbons (Fsp3) is 0.333. The largest absolute Gasteiger partial charge is 0.497 e. The highest BCUT2D eigenvalue weighted by Crippen LogP contribution is 2.21. The molecule has 0 atom stereocenters. The number of nitrogens with zero attached hydrogens (tertiary/aromatic N) is 1. The molecule has 1 aromatic carbocycles. The molecule has 2 N–H and O–H groups in total. The van der Waals surface area contributed by atoms with Crippen LogP contribution in [-0.2, 0) is 4.79 Å². The second-order valence-electron chi connectivity index (χ2n) is 5.29. The fourth-order valence-corrected chi connectivity index (χ4v) is 2.30. The third kappa shape index (κ3) is 4.71. The Labute approximate surface area is 137 Å². The van der Waals surface area contributed by atoms with Crippen molar-refractivity contribution in [2.75, 3.05) is 17.7 Å². The van der Waals surface area contributed by atoms with Gasteiger partial charge in [-0.3, -0.25) is 4.79 Å². The number of amides is 1. The van der Waals surface area contributed by atoms with Crippen molar-refractivity contribution in [2.24, 2.45) is 5.92 Å². The number of nitrogens with one attached hydrogen (secondary N) is 2. The van der Waals surface area contributed by atoms with Crippen LogP contribution in [0.4, 0.5) is 17.2 Å². The maximum Gasteiger partial charge on any atom is 0.228 e. The minimum Gasteiger partial charge on any atom is -0.497 e. The molecule has 1 heterocycles. The summed E-state index contributed by atoms with van der Waals surface area (Å²) in [6, 6.07) is 11.3. The van der Waals surface area contributed by atoms with E-state index in [1.54, 1.807) is 19.4 Å². The van der Waals surface area contributed by atoms with E-state index in [0.717, 1.165) is 30.0 Å². The summed E-state index contributed by atoms with van der Waals surface area (Å²) >= 11 is 0. The summed E-state index contributed by atoms with van der Waals surface area (Å²) in [7, 11) is 1.64. The van der Waals surface area contributed by atoms with E-state index in [2.05, 4.69) is 15.6 Å². The van der Waals surface area contributed by atoms with Crippen LogP contribution in [0.2, 0.25) is 0 Å². The number of aromatic nitrogens is 1. The minimum absolute atomic E-state index is 0.0241. The van der Waals surface area contributed by atoms with Crippen LogP contribution < -0.4 is 15.4 Å². The molecule has 0 aliphatic carbocycles. The number of methoxy groups -OCH3 is 1. The molecule has 23 heavy (non-hydrogen) atoms. The van der Waals surface area contributed by atoms with E-state index in [4.69, 9.17) is 4.74 Å². The zero-order valence-electron chi connectivity index (χ0n) is 13.8. The zero-order valence-corrected chi connectivity index (χ0v) is 13.8. The van der Waals surface area contributed by atoms with Crippen molar-refractivity contribution in [1.82, 2.24) is 4.98 Å². The first-order valence-electron chi connectivity index (χ1n) is 7.84. The number of pyridine rings is 1. The molecule has 0 saturated heterocycles. The Hall–Kier alpha value is -2.56. The van der Waals surface area contributed by atoms with Crippen LogP contribution >= 0.6 is 0 Å². The third-order valence-corrected chi connectivity index (χ3v) is 3.73. The molecule has 0 unspecified atom stereocenters. The smallest absolute Gasteiger partial charge is 0.228 e. The maximum atomic E-state index is 12.0. The Balaban J connectivity index is 2.00. The van der Waals surface area contributed by atoms with E-state index in [1.165, 1.54) is 0 Å². The van der Waals surface area contributed by atoms with Gasteiger partial charge in [0.15, 0.2) is 0 Å². The lowest BCUT2D eigenvalue weighted by Gasteiger charge is -2.13. The van der Waals surface area contributed by atoms with Crippen LogP contribution in [-0.4, -0.2) is 18.0 Å². The number of ether oxygens (including phenoxy) is 1. The summed E-state index contributed by atoms with van der Waals surface area (Å²) in [5.41, 5.74) is 1.76. The van der Waals surface area contributed by atoms with Gasteiger partial charge in [-0.1, -0.05) is 19.9 Å². The van der Waals surface area contributed by atoms with E-state index in [0.29, 0.717) is 5.82 Å². The molecule has 1 amide bonds. The molecule has 0 aliphatic rings. The van der Waals surface area contributed by atoms with Gasteiger partial charge >= 0.3 is 0 Å². The summed E-state index contributed by atoms with van der Waals surface area (Å²) in [5, 5.41) is 6.10. The highest BCUT2D eigenvalue weighted by atomic mass is 16.5. The molecule has 5 nitrogen and oxygen atoms in total. The van der Waals surface area contributed by atoms with E-state index >= 15 is 0 Å². The van der Waals surface area contributed by atoms with Crippen molar-refractivity contribution in [1.29, 1.82) is 0 Å². The number of carbonyl (C=O) groups is 1. The van der Waals surface area contributed by atoms with Crippen molar-refractivity contribution in [3.63, 3.8) is 0 Å². The Kier molecular flexibility index (Phi) is 5.97. The van der Waals surface area contributed by atoms with Gasteiger partial charge in [0.25, 0.3) is 0 Å². The maximum absolute atomic E-state index is 12.0. The standard InChI is InChI=1S/C18H23N3O2/c1-4-13(5-2)18(22)21-17-10-9-15(12-19-17)20-14-7-6-8-16(11-14)23-3/h6-13,20H,4-5H2,1-3H3,(H,19,21,22). The molecule has 0 aliphatic heterocycles. The van der Waals surface area contributed by atoms with E-state index in [-0.39, 0.29) is 11.8 Å². The second-order valence-corrected chi connectivity index (χ2v) is 5.29.